The summed E-state index contributed by atoms with van der Waals surface area (Å²) >= 11 is 0. The van der Waals surface area contributed by atoms with Gasteiger partial charge in [0.2, 0.25) is 0 Å². The first-order valence-corrected chi connectivity index (χ1v) is 7.50. The highest BCUT2D eigenvalue weighted by Gasteiger charge is 2.23. The molecule has 0 radical (unpaired) electrons. The van der Waals surface area contributed by atoms with Crippen LogP contribution in [0.15, 0.2) is 6.20 Å². The lowest BCUT2D eigenvalue weighted by Gasteiger charge is -2.26. The highest BCUT2D eigenvalue weighted by molar-refractivity contribution is 5.16. The molecule has 0 bridgehead atoms. The van der Waals surface area contributed by atoms with Gasteiger partial charge in [0.1, 0.15) is 0 Å². The number of aryl methyl sites for hydroxylation is 1. The van der Waals surface area contributed by atoms with Crippen LogP contribution < -0.4 is 5.32 Å². The van der Waals surface area contributed by atoms with Crippen LogP contribution in [0.25, 0.3) is 0 Å². The molecule has 1 heterocycles. The maximum atomic E-state index is 4.73. The third-order valence-electron chi connectivity index (χ3n) is 4.54. The number of hydrogen-bond acceptors (Lipinski definition) is 2. The Morgan fingerprint density at radius 3 is 2.61 bits per heavy atom. The fraction of sp³-hybridized carbons (Fsp3) is 0.800. The van der Waals surface area contributed by atoms with E-state index in [1.807, 2.05) is 0 Å². The van der Waals surface area contributed by atoms with Crippen LogP contribution >= 0.6 is 0 Å². The summed E-state index contributed by atoms with van der Waals surface area (Å²) in [6, 6.07) is 1.43. The third-order valence-corrected chi connectivity index (χ3v) is 4.54. The minimum absolute atomic E-state index is 0.648. The van der Waals surface area contributed by atoms with Gasteiger partial charge < -0.3 is 5.32 Å². The number of rotatable bonds is 4. The zero-order valence-electron chi connectivity index (χ0n) is 11.7. The molecule has 0 aliphatic heterocycles. The van der Waals surface area contributed by atoms with Gasteiger partial charge in [-0.05, 0) is 51.4 Å². The predicted molar refractivity (Wildman–Crippen MR) is 73.5 cm³/mol. The molecule has 2 saturated carbocycles. The number of nitrogens with one attached hydrogen (secondary N) is 1. The topological polar surface area (TPSA) is 29.9 Å². The van der Waals surface area contributed by atoms with Gasteiger partial charge in [-0.2, -0.15) is 5.10 Å². The maximum Gasteiger partial charge on any atom is 0.0638 e. The number of hydrogen-bond donors (Lipinski definition) is 1. The van der Waals surface area contributed by atoms with E-state index in [9.17, 15) is 0 Å². The van der Waals surface area contributed by atoms with Gasteiger partial charge in [0.05, 0.1) is 11.7 Å². The van der Waals surface area contributed by atoms with Crippen molar-refractivity contribution in [3.05, 3.63) is 17.5 Å². The molecule has 2 aliphatic carbocycles. The van der Waals surface area contributed by atoms with Gasteiger partial charge in [-0.25, -0.2) is 0 Å². The lowest BCUT2D eigenvalue weighted by Crippen LogP contribution is -2.17. The van der Waals surface area contributed by atoms with Crippen molar-refractivity contribution in [1.29, 1.82) is 0 Å². The highest BCUT2D eigenvalue weighted by Crippen LogP contribution is 2.31. The SMILES string of the molecule is Cc1nn(C2CCC(C)CC2)cc1CNC1CC1. The quantitative estimate of drug-likeness (QED) is 0.885. The van der Waals surface area contributed by atoms with Crippen molar-refractivity contribution >= 4 is 0 Å². The molecule has 1 aromatic rings. The first kappa shape index (κ1) is 12.2. The minimum atomic E-state index is 0.648. The number of nitrogens with zero attached hydrogens (tertiary/aromatic N) is 2. The molecule has 1 N–H and O–H groups in total. The van der Waals surface area contributed by atoms with Gasteiger partial charge in [0.15, 0.2) is 0 Å². The summed E-state index contributed by atoms with van der Waals surface area (Å²) in [5.74, 6) is 0.911. The summed E-state index contributed by atoms with van der Waals surface area (Å²) in [5, 5.41) is 8.32. The summed E-state index contributed by atoms with van der Waals surface area (Å²) < 4.78 is 2.24. The molecule has 2 fully saturated rings. The Bertz CT molecular complexity index is 398. The zero-order valence-corrected chi connectivity index (χ0v) is 11.7. The van der Waals surface area contributed by atoms with E-state index >= 15 is 0 Å². The second-order valence-electron chi connectivity index (χ2n) is 6.29. The third kappa shape index (κ3) is 2.77. The van der Waals surface area contributed by atoms with Crippen molar-refractivity contribution in [2.75, 3.05) is 0 Å². The largest absolute Gasteiger partial charge is 0.310 e. The molecule has 3 heteroatoms. The molecule has 3 rings (SSSR count). The van der Waals surface area contributed by atoms with E-state index < -0.39 is 0 Å². The Labute approximate surface area is 110 Å². The zero-order chi connectivity index (χ0) is 12.5. The van der Waals surface area contributed by atoms with Crippen LogP contribution in [0.5, 0.6) is 0 Å². The molecule has 0 aromatic carbocycles. The van der Waals surface area contributed by atoms with Crippen LogP contribution in [0, 0.1) is 12.8 Å². The first-order valence-electron chi connectivity index (χ1n) is 7.50. The van der Waals surface area contributed by atoms with Crippen LogP contribution in [0.2, 0.25) is 0 Å². The van der Waals surface area contributed by atoms with E-state index in [-0.39, 0.29) is 0 Å². The molecular formula is C15H25N3. The van der Waals surface area contributed by atoms with Gasteiger partial charge >= 0.3 is 0 Å². The molecular weight excluding hydrogens is 222 g/mol. The van der Waals surface area contributed by atoms with Gasteiger partial charge in [-0.3, -0.25) is 4.68 Å². The molecule has 0 saturated heterocycles. The molecule has 18 heavy (non-hydrogen) atoms. The second kappa shape index (κ2) is 5.04. The van der Waals surface area contributed by atoms with E-state index in [1.54, 1.807) is 0 Å². The van der Waals surface area contributed by atoms with Gasteiger partial charge in [0, 0.05) is 24.3 Å². The van der Waals surface area contributed by atoms with Gasteiger partial charge in [-0.1, -0.05) is 6.92 Å². The summed E-state index contributed by atoms with van der Waals surface area (Å²) in [6.07, 6.45) is 10.3. The first-order chi connectivity index (χ1) is 8.72. The molecule has 100 valence electrons. The standard InChI is InChI=1S/C15H25N3/c1-11-3-7-15(8-4-11)18-10-13(12(2)17-18)9-16-14-5-6-14/h10-11,14-16H,3-9H2,1-2H3. The minimum Gasteiger partial charge on any atom is -0.310 e. The van der Waals surface area contributed by atoms with Crippen molar-refractivity contribution in [1.82, 2.24) is 15.1 Å². The summed E-state index contributed by atoms with van der Waals surface area (Å²) in [7, 11) is 0. The van der Waals surface area contributed by atoms with Crippen molar-refractivity contribution in [3.63, 3.8) is 0 Å². The van der Waals surface area contributed by atoms with Crippen LogP contribution in [0.1, 0.15) is 62.7 Å². The van der Waals surface area contributed by atoms with E-state index in [0.717, 1.165) is 18.5 Å². The van der Waals surface area contributed by atoms with Gasteiger partial charge in [-0.15, -0.1) is 0 Å². The maximum absolute atomic E-state index is 4.73. The van der Waals surface area contributed by atoms with Crippen LogP contribution in [-0.4, -0.2) is 15.8 Å². The summed E-state index contributed by atoms with van der Waals surface area (Å²) in [6.45, 7) is 5.51. The predicted octanol–water partition coefficient (Wildman–Crippen LogP) is 3.19. The molecule has 1 aromatic heterocycles. The van der Waals surface area contributed by atoms with E-state index in [2.05, 4.69) is 30.0 Å². The van der Waals surface area contributed by atoms with E-state index in [0.29, 0.717) is 6.04 Å². The molecule has 0 spiro atoms. The average Bonchev–Trinajstić information content (AvgIpc) is 3.12. The second-order valence-corrected chi connectivity index (χ2v) is 6.29. The Kier molecular flexibility index (Phi) is 3.42. The molecule has 2 aliphatic rings. The van der Waals surface area contributed by atoms with Crippen LogP contribution in [0.3, 0.4) is 0 Å². The summed E-state index contributed by atoms with van der Waals surface area (Å²) in [4.78, 5) is 0. The van der Waals surface area contributed by atoms with E-state index in [1.165, 1.54) is 49.8 Å². The monoisotopic (exact) mass is 247 g/mol. The molecule has 0 unspecified atom stereocenters. The van der Waals surface area contributed by atoms with Crippen molar-refractivity contribution in [2.45, 2.75) is 71.0 Å². The van der Waals surface area contributed by atoms with Crippen LogP contribution in [-0.2, 0) is 6.54 Å². The molecule has 0 atom stereocenters. The lowest BCUT2D eigenvalue weighted by molar-refractivity contribution is 0.273. The van der Waals surface area contributed by atoms with E-state index in [4.69, 9.17) is 5.10 Å². The van der Waals surface area contributed by atoms with Crippen molar-refractivity contribution < 1.29 is 0 Å². The normalized spacial score (nSPS) is 28.6. The van der Waals surface area contributed by atoms with Crippen molar-refractivity contribution in [3.8, 4) is 0 Å². The highest BCUT2D eigenvalue weighted by atomic mass is 15.3. The van der Waals surface area contributed by atoms with Crippen molar-refractivity contribution in [2.24, 2.45) is 5.92 Å². The lowest BCUT2D eigenvalue weighted by atomic mass is 9.87. The summed E-state index contributed by atoms with van der Waals surface area (Å²) in [5.41, 5.74) is 2.60. The average molecular weight is 247 g/mol. The smallest absolute Gasteiger partial charge is 0.0638 e. The van der Waals surface area contributed by atoms with Gasteiger partial charge in [0.25, 0.3) is 0 Å². The number of aromatic nitrogens is 2. The molecule has 3 nitrogen and oxygen atoms in total. The molecule has 0 amide bonds. The Balaban J connectivity index is 1.63. The fourth-order valence-corrected chi connectivity index (χ4v) is 2.93. The Hall–Kier alpha value is -0.830. The Morgan fingerprint density at radius 1 is 1.22 bits per heavy atom. The Morgan fingerprint density at radius 2 is 1.94 bits per heavy atom. The van der Waals surface area contributed by atoms with Crippen LogP contribution in [0.4, 0.5) is 0 Å². The fourth-order valence-electron chi connectivity index (χ4n) is 2.93.